The Morgan fingerprint density at radius 2 is 2.12 bits per heavy atom. The molecule has 0 aliphatic rings. The van der Waals surface area contributed by atoms with Crippen molar-refractivity contribution < 1.29 is 13.7 Å². The van der Waals surface area contributed by atoms with Crippen LogP contribution in [0.1, 0.15) is 33.1 Å². The SMILES string of the molecule is CCCCC(NCCS(=O)CC)C(=O)OC. The van der Waals surface area contributed by atoms with Crippen LogP contribution in [-0.4, -0.2) is 41.4 Å². The molecule has 0 rings (SSSR count). The maximum Gasteiger partial charge on any atom is 0.322 e. The summed E-state index contributed by atoms with van der Waals surface area (Å²) in [6.45, 7) is 4.58. The van der Waals surface area contributed by atoms with Crippen molar-refractivity contribution in [1.82, 2.24) is 5.32 Å². The molecule has 2 unspecified atom stereocenters. The van der Waals surface area contributed by atoms with Gasteiger partial charge in [-0.05, 0) is 6.42 Å². The van der Waals surface area contributed by atoms with Crippen LogP contribution in [0.15, 0.2) is 0 Å². The molecule has 16 heavy (non-hydrogen) atoms. The average molecular weight is 249 g/mol. The first-order chi connectivity index (χ1) is 7.65. The molecule has 5 heteroatoms. The highest BCUT2D eigenvalue weighted by Gasteiger charge is 2.17. The number of methoxy groups -OCH3 is 1. The van der Waals surface area contributed by atoms with Gasteiger partial charge in [-0.2, -0.15) is 0 Å². The highest BCUT2D eigenvalue weighted by atomic mass is 32.2. The minimum Gasteiger partial charge on any atom is -0.468 e. The molecule has 0 amide bonds. The number of esters is 1. The fourth-order valence-electron chi connectivity index (χ4n) is 1.35. The van der Waals surface area contributed by atoms with Gasteiger partial charge in [0.05, 0.1) is 7.11 Å². The van der Waals surface area contributed by atoms with E-state index in [-0.39, 0.29) is 12.0 Å². The predicted molar refractivity (Wildman–Crippen MR) is 66.9 cm³/mol. The number of rotatable bonds is 9. The lowest BCUT2D eigenvalue weighted by atomic mass is 10.1. The smallest absolute Gasteiger partial charge is 0.322 e. The van der Waals surface area contributed by atoms with E-state index in [1.54, 1.807) is 0 Å². The molecule has 0 aliphatic carbocycles. The zero-order chi connectivity index (χ0) is 12.4. The minimum absolute atomic E-state index is 0.226. The first-order valence-corrected chi connectivity index (χ1v) is 7.30. The summed E-state index contributed by atoms with van der Waals surface area (Å²) >= 11 is 0. The van der Waals surface area contributed by atoms with Crippen LogP contribution >= 0.6 is 0 Å². The first-order valence-electron chi connectivity index (χ1n) is 5.81. The predicted octanol–water partition coefficient (Wildman–Crippen LogP) is 1.08. The zero-order valence-corrected chi connectivity index (χ0v) is 11.3. The topological polar surface area (TPSA) is 55.4 Å². The van der Waals surface area contributed by atoms with Crippen LogP contribution in [0, 0.1) is 0 Å². The lowest BCUT2D eigenvalue weighted by Crippen LogP contribution is -2.39. The minimum atomic E-state index is -0.779. The molecule has 0 aromatic carbocycles. The fraction of sp³-hybridized carbons (Fsp3) is 0.909. The van der Waals surface area contributed by atoms with Gasteiger partial charge in [0.1, 0.15) is 6.04 Å². The molecule has 0 aromatic heterocycles. The van der Waals surface area contributed by atoms with Gasteiger partial charge in [0.25, 0.3) is 0 Å². The van der Waals surface area contributed by atoms with Gasteiger partial charge in [-0.3, -0.25) is 9.00 Å². The van der Waals surface area contributed by atoms with E-state index >= 15 is 0 Å². The van der Waals surface area contributed by atoms with Crippen molar-refractivity contribution in [3.63, 3.8) is 0 Å². The Bertz CT molecular complexity index is 221. The molecule has 0 radical (unpaired) electrons. The van der Waals surface area contributed by atoms with E-state index in [4.69, 9.17) is 4.74 Å². The van der Waals surface area contributed by atoms with Crippen molar-refractivity contribution >= 4 is 16.8 Å². The third kappa shape index (κ3) is 6.95. The summed E-state index contributed by atoms with van der Waals surface area (Å²) < 4.78 is 15.9. The molecule has 1 N–H and O–H groups in total. The van der Waals surface area contributed by atoms with Gasteiger partial charge in [-0.15, -0.1) is 0 Å². The Morgan fingerprint density at radius 1 is 1.44 bits per heavy atom. The highest BCUT2D eigenvalue weighted by Crippen LogP contribution is 2.02. The highest BCUT2D eigenvalue weighted by molar-refractivity contribution is 7.84. The third-order valence-corrected chi connectivity index (χ3v) is 3.68. The van der Waals surface area contributed by atoms with Crippen LogP contribution in [0.4, 0.5) is 0 Å². The van der Waals surface area contributed by atoms with Crippen molar-refractivity contribution in [1.29, 1.82) is 0 Å². The van der Waals surface area contributed by atoms with Crippen molar-refractivity contribution in [2.24, 2.45) is 0 Å². The van der Waals surface area contributed by atoms with Crippen LogP contribution in [0.3, 0.4) is 0 Å². The summed E-state index contributed by atoms with van der Waals surface area (Å²) in [5, 5.41) is 3.10. The maximum absolute atomic E-state index is 11.4. The second-order valence-electron chi connectivity index (χ2n) is 3.60. The zero-order valence-electron chi connectivity index (χ0n) is 10.5. The molecule has 0 saturated carbocycles. The maximum atomic E-state index is 11.4. The molecular formula is C11H23NO3S. The summed E-state index contributed by atoms with van der Waals surface area (Å²) in [6, 6.07) is -0.251. The van der Waals surface area contributed by atoms with Gasteiger partial charge in [0, 0.05) is 28.9 Å². The van der Waals surface area contributed by atoms with Crippen LogP contribution in [0.25, 0.3) is 0 Å². The molecule has 2 atom stereocenters. The van der Waals surface area contributed by atoms with Crippen molar-refractivity contribution in [3.8, 4) is 0 Å². The van der Waals surface area contributed by atoms with Crippen molar-refractivity contribution in [2.45, 2.75) is 39.2 Å². The molecule has 4 nitrogen and oxygen atoms in total. The van der Waals surface area contributed by atoms with Crippen molar-refractivity contribution in [3.05, 3.63) is 0 Å². The van der Waals surface area contributed by atoms with E-state index in [9.17, 15) is 9.00 Å². The summed E-state index contributed by atoms with van der Waals surface area (Å²) in [5.74, 6) is 1.03. The number of carbonyl (C=O) groups excluding carboxylic acids is 1. The van der Waals surface area contributed by atoms with Gasteiger partial charge in [-0.25, -0.2) is 0 Å². The molecule has 0 aliphatic heterocycles. The molecular weight excluding hydrogens is 226 g/mol. The van der Waals surface area contributed by atoms with Gasteiger partial charge >= 0.3 is 5.97 Å². The molecule has 0 bridgehead atoms. The van der Waals surface area contributed by atoms with Crippen LogP contribution < -0.4 is 5.32 Å². The van der Waals surface area contributed by atoms with E-state index in [0.29, 0.717) is 18.1 Å². The Kier molecular flexibility index (Phi) is 9.52. The van der Waals surface area contributed by atoms with Gasteiger partial charge in [0.15, 0.2) is 0 Å². The number of hydrogen-bond donors (Lipinski definition) is 1. The summed E-state index contributed by atoms with van der Waals surface area (Å²) in [7, 11) is 0.617. The molecule has 0 heterocycles. The van der Waals surface area contributed by atoms with Gasteiger partial charge < -0.3 is 10.1 Å². The molecule has 96 valence electrons. The summed E-state index contributed by atoms with van der Waals surface area (Å²) in [4.78, 5) is 11.4. The number of unbranched alkanes of at least 4 members (excludes halogenated alkanes) is 1. The van der Waals surface area contributed by atoms with E-state index in [2.05, 4.69) is 12.2 Å². The summed E-state index contributed by atoms with van der Waals surface area (Å²) in [6.07, 6.45) is 2.82. The lowest BCUT2D eigenvalue weighted by Gasteiger charge is -2.15. The van der Waals surface area contributed by atoms with Crippen LogP contribution in [0.2, 0.25) is 0 Å². The lowest BCUT2D eigenvalue weighted by molar-refractivity contribution is -0.143. The molecule has 0 aromatic rings. The second-order valence-corrected chi connectivity index (χ2v) is 5.47. The fourth-order valence-corrected chi connectivity index (χ4v) is 1.98. The van der Waals surface area contributed by atoms with Gasteiger partial charge in [0.2, 0.25) is 0 Å². The normalized spacial score (nSPS) is 14.4. The quantitative estimate of drug-likeness (QED) is 0.621. The Hall–Kier alpha value is -0.420. The third-order valence-electron chi connectivity index (χ3n) is 2.37. The van der Waals surface area contributed by atoms with E-state index < -0.39 is 10.8 Å². The number of hydrogen-bond acceptors (Lipinski definition) is 4. The molecule has 0 fully saturated rings. The standard InChI is InChI=1S/C11H23NO3S/c1-4-6-7-10(11(13)15-3)12-8-9-16(14)5-2/h10,12H,4-9H2,1-3H3. The summed E-state index contributed by atoms with van der Waals surface area (Å²) in [5.41, 5.74) is 0. The Morgan fingerprint density at radius 3 is 2.62 bits per heavy atom. The van der Waals surface area contributed by atoms with E-state index in [0.717, 1.165) is 19.3 Å². The molecule has 0 spiro atoms. The molecule has 0 saturated heterocycles. The van der Waals surface area contributed by atoms with Crippen LogP contribution in [-0.2, 0) is 20.3 Å². The average Bonchev–Trinajstić information content (AvgIpc) is 2.32. The van der Waals surface area contributed by atoms with Crippen LogP contribution in [0.5, 0.6) is 0 Å². The number of ether oxygens (including phenoxy) is 1. The van der Waals surface area contributed by atoms with Gasteiger partial charge in [-0.1, -0.05) is 26.7 Å². The first kappa shape index (κ1) is 15.6. The number of nitrogens with one attached hydrogen (secondary N) is 1. The Labute approximate surface area is 101 Å². The Balaban J connectivity index is 3.91. The van der Waals surface area contributed by atoms with Crippen molar-refractivity contribution in [2.75, 3.05) is 25.2 Å². The largest absolute Gasteiger partial charge is 0.468 e. The second kappa shape index (κ2) is 9.78. The monoisotopic (exact) mass is 249 g/mol. The van der Waals surface area contributed by atoms with E-state index in [1.807, 2.05) is 6.92 Å². The number of carbonyl (C=O) groups is 1. The van der Waals surface area contributed by atoms with E-state index in [1.165, 1.54) is 7.11 Å².